The summed E-state index contributed by atoms with van der Waals surface area (Å²) in [6.45, 7) is 6.26. The van der Waals surface area contributed by atoms with Gasteiger partial charge in [0.1, 0.15) is 5.82 Å². The van der Waals surface area contributed by atoms with Gasteiger partial charge in [0, 0.05) is 27.7 Å². The Morgan fingerprint density at radius 3 is 2.25 bits per heavy atom. The van der Waals surface area contributed by atoms with Crippen molar-refractivity contribution in [3.63, 3.8) is 0 Å². The Balaban J connectivity index is 0.00000210. The van der Waals surface area contributed by atoms with Crippen LogP contribution in [0.5, 0.6) is 0 Å². The van der Waals surface area contributed by atoms with Gasteiger partial charge < -0.3 is 6.53 Å². The summed E-state index contributed by atoms with van der Waals surface area (Å²) in [4.78, 5) is 16.5. The number of aromatic nitrogens is 2. The zero-order chi connectivity index (χ0) is 19.8. The van der Waals surface area contributed by atoms with E-state index in [1.54, 1.807) is 30.3 Å². The molecule has 0 saturated carbocycles. The van der Waals surface area contributed by atoms with Crippen molar-refractivity contribution in [3.8, 4) is 16.9 Å². The minimum atomic E-state index is -1.08. The number of carboxylic acids is 1. The zero-order valence-corrected chi connectivity index (χ0v) is 17.8. The third kappa shape index (κ3) is 5.01. The zero-order valence-electron chi connectivity index (χ0n) is 17.3. The Kier molecular flexibility index (Phi) is 7.06. The van der Waals surface area contributed by atoms with Gasteiger partial charge >= 0.3 is 24.8 Å². The van der Waals surface area contributed by atoms with Crippen LogP contribution in [-0.4, -0.2) is 20.6 Å². The number of hydrogen-bond donors (Lipinski definition) is 1. The average Bonchev–Trinajstić information content (AvgIpc) is 2.92. The van der Waals surface area contributed by atoms with Gasteiger partial charge in [-0.2, -0.15) is 0 Å². The van der Waals surface area contributed by atoms with E-state index in [9.17, 15) is 9.90 Å². The molecule has 0 aliphatic carbocycles. The van der Waals surface area contributed by atoms with Gasteiger partial charge in [0.25, 0.3) is 0 Å². The van der Waals surface area contributed by atoms with Gasteiger partial charge in [-0.3, -0.25) is 4.57 Å². The SMILES string of the molecule is CC(C)(C)Cc1nc(C(=O)O)c(-c2cccc(Cl)c2)n1-c1cccc(Cl)c1.[H-].[Li+]. The molecule has 0 amide bonds. The summed E-state index contributed by atoms with van der Waals surface area (Å²) < 4.78 is 1.87. The molecule has 0 bridgehead atoms. The molecule has 4 nitrogen and oxygen atoms in total. The number of carboxylic acid groups (broad SMARTS) is 1. The Morgan fingerprint density at radius 1 is 1.11 bits per heavy atom. The molecule has 28 heavy (non-hydrogen) atoms. The van der Waals surface area contributed by atoms with Gasteiger partial charge in [-0.25, -0.2) is 9.78 Å². The monoisotopic (exact) mass is 410 g/mol. The van der Waals surface area contributed by atoms with Crippen molar-refractivity contribution >= 4 is 29.2 Å². The molecule has 3 aromatic rings. The van der Waals surface area contributed by atoms with Crippen LogP contribution < -0.4 is 18.9 Å². The summed E-state index contributed by atoms with van der Waals surface area (Å²) in [6, 6.07) is 14.4. The molecular weight excluding hydrogens is 390 g/mol. The average molecular weight is 411 g/mol. The normalized spacial score (nSPS) is 11.2. The molecule has 142 valence electrons. The van der Waals surface area contributed by atoms with Gasteiger partial charge in [0.05, 0.1) is 5.69 Å². The topological polar surface area (TPSA) is 55.1 Å². The summed E-state index contributed by atoms with van der Waals surface area (Å²) >= 11 is 12.4. The predicted molar refractivity (Wildman–Crippen MR) is 110 cm³/mol. The molecule has 0 aliphatic rings. The molecule has 1 aromatic heterocycles. The second-order valence-electron chi connectivity index (χ2n) is 7.59. The first kappa shape index (κ1) is 22.6. The summed E-state index contributed by atoms with van der Waals surface area (Å²) in [5.41, 5.74) is 1.86. The molecule has 1 N–H and O–H groups in total. The second kappa shape index (κ2) is 8.76. The molecule has 0 aliphatic heterocycles. The number of aromatic carboxylic acids is 1. The van der Waals surface area contributed by atoms with Crippen molar-refractivity contribution in [3.05, 3.63) is 70.1 Å². The van der Waals surface area contributed by atoms with E-state index in [2.05, 4.69) is 25.8 Å². The fourth-order valence-corrected chi connectivity index (χ4v) is 3.38. The Labute approximate surface area is 188 Å². The molecule has 7 heteroatoms. The minimum absolute atomic E-state index is 0. The van der Waals surface area contributed by atoms with Gasteiger partial charge in [0.15, 0.2) is 5.69 Å². The standard InChI is InChI=1S/C21H20Cl2N2O2.Li.H/c1-21(2,3)12-17-24-18(20(26)27)19(13-6-4-7-14(22)10-13)25(17)16-9-5-8-15(23)11-16;;/h4-11H,12H2,1-3H3,(H,26,27);;/q;+1;-1. The maximum absolute atomic E-state index is 12.0. The maximum Gasteiger partial charge on any atom is 1.00 e. The van der Waals surface area contributed by atoms with Gasteiger partial charge in [0.2, 0.25) is 0 Å². The van der Waals surface area contributed by atoms with Gasteiger partial charge in [-0.1, -0.05) is 62.2 Å². The number of imidazole rings is 1. The van der Waals surface area contributed by atoms with Gasteiger partial charge in [-0.05, 0) is 35.7 Å². The number of benzene rings is 2. The van der Waals surface area contributed by atoms with Crippen LogP contribution in [0.25, 0.3) is 16.9 Å². The van der Waals surface area contributed by atoms with Crippen molar-refractivity contribution in [2.24, 2.45) is 5.41 Å². The maximum atomic E-state index is 12.0. The van der Waals surface area contributed by atoms with Crippen LogP contribution in [-0.2, 0) is 6.42 Å². The van der Waals surface area contributed by atoms with Crippen LogP contribution >= 0.6 is 23.2 Å². The van der Waals surface area contributed by atoms with Gasteiger partial charge in [-0.15, -0.1) is 0 Å². The first-order valence-corrected chi connectivity index (χ1v) is 9.28. The van der Waals surface area contributed by atoms with Crippen molar-refractivity contribution in [1.82, 2.24) is 9.55 Å². The second-order valence-corrected chi connectivity index (χ2v) is 8.47. The van der Waals surface area contributed by atoms with E-state index in [1.165, 1.54) is 0 Å². The molecule has 3 rings (SSSR count). The van der Waals surface area contributed by atoms with Crippen molar-refractivity contribution < 1.29 is 30.2 Å². The van der Waals surface area contributed by atoms with Crippen LogP contribution in [0.1, 0.15) is 38.5 Å². The summed E-state index contributed by atoms with van der Waals surface area (Å²) in [7, 11) is 0. The third-order valence-corrected chi connectivity index (χ3v) is 4.47. The molecule has 0 atom stereocenters. The summed E-state index contributed by atoms with van der Waals surface area (Å²) in [6.07, 6.45) is 0.598. The number of hydrogen-bond acceptors (Lipinski definition) is 2. The van der Waals surface area contributed by atoms with Crippen LogP contribution in [0.2, 0.25) is 10.0 Å². The van der Waals surface area contributed by atoms with Crippen LogP contribution in [0.3, 0.4) is 0 Å². The molecule has 0 radical (unpaired) electrons. The first-order valence-electron chi connectivity index (χ1n) is 8.52. The van der Waals surface area contributed by atoms with Crippen LogP contribution in [0.15, 0.2) is 48.5 Å². The number of nitrogens with zero attached hydrogens (tertiary/aromatic N) is 2. The van der Waals surface area contributed by atoms with E-state index >= 15 is 0 Å². The van der Waals surface area contributed by atoms with Crippen LogP contribution in [0.4, 0.5) is 0 Å². The first-order chi connectivity index (χ1) is 12.7. The fourth-order valence-electron chi connectivity index (χ4n) is 3.00. The molecule has 0 unspecified atom stereocenters. The third-order valence-electron chi connectivity index (χ3n) is 4.00. The van der Waals surface area contributed by atoms with Crippen LogP contribution in [0, 0.1) is 5.41 Å². The predicted octanol–water partition coefficient (Wildman–Crippen LogP) is 3.25. The smallest absolute Gasteiger partial charge is 1.00 e. The molecular formula is C21H21Cl2LiN2O2. The van der Waals surface area contributed by atoms with E-state index in [0.29, 0.717) is 33.5 Å². The summed E-state index contributed by atoms with van der Waals surface area (Å²) in [5.74, 6) is -0.418. The largest absolute Gasteiger partial charge is 1.00 e. The number of halogens is 2. The fraction of sp³-hybridized carbons (Fsp3) is 0.238. The Morgan fingerprint density at radius 2 is 1.71 bits per heavy atom. The number of carbonyl (C=O) groups is 1. The molecule has 2 aromatic carbocycles. The quantitative estimate of drug-likeness (QED) is 0.671. The van der Waals surface area contributed by atoms with E-state index in [1.807, 2.05) is 22.8 Å². The van der Waals surface area contributed by atoms with E-state index in [4.69, 9.17) is 23.2 Å². The van der Waals surface area contributed by atoms with Crippen molar-refractivity contribution in [2.45, 2.75) is 27.2 Å². The molecule has 0 saturated heterocycles. The van der Waals surface area contributed by atoms with E-state index < -0.39 is 5.97 Å². The van der Waals surface area contributed by atoms with E-state index in [-0.39, 0.29) is 31.4 Å². The van der Waals surface area contributed by atoms with E-state index in [0.717, 1.165) is 5.69 Å². The Bertz CT molecular complexity index is 1020. The Hall–Kier alpha value is -1.70. The molecule has 1 heterocycles. The summed E-state index contributed by atoms with van der Waals surface area (Å²) in [5, 5.41) is 10.9. The minimum Gasteiger partial charge on any atom is -1.00 e. The number of rotatable bonds is 4. The van der Waals surface area contributed by atoms with Crippen molar-refractivity contribution in [1.29, 1.82) is 0 Å². The molecule has 0 fully saturated rings. The molecule has 0 spiro atoms. The van der Waals surface area contributed by atoms with Crippen molar-refractivity contribution in [2.75, 3.05) is 0 Å².